The number of nitro benzene ring substituents is 1. The standard InChI is InChI=1S/C18H26N4O4/c1-14(2)5-6-19-7-9-20(10-8-19)16-4-3-15(22(24)25)13-17(16)21-11-12-26-18(21)23/h3-4,13-14H,5-12H2,1-2H3. The van der Waals surface area contributed by atoms with Crippen molar-refractivity contribution in [2.24, 2.45) is 5.92 Å². The van der Waals surface area contributed by atoms with Crippen molar-refractivity contribution in [3.63, 3.8) is 0 Å². The van der Waals surface area contributed by atoms with Gasteiger partial charge in [-0.2, -0.15) is 0 Å². The number of anilines is 2. The van der Waals surface area contributed by atoms with Crippen molar-refractivity contribution in [3.8, 4) is 0 Å². The summed E-state index contributed by atoms with van der Waals surface area (Å²) in [6, 6.07) is 4.74. The average Bonchev–Trinajstić information content (AvgIpc) is 3.05. The lowest BCUT2D eigenvalue weighted by atomic mass is 10.1. The maximum atomic E-state index is 12.0. The highest BCUT2D eigenvalue weighted by atomic mass is 16.6. The zero-order valence-corrected chi connectivity index (χ0v) is 15.4. The van der Waals surface area contributed by atoms with Crippen LogP contribution in [-0.4, -0.2) is 61.8 Å². The Morgan fingerprint density at radius 3 is 2.46 bits per heavy atom. The van der Waals surface area contributed by atoms with E-state index >= 15 is 0 Å². The minimum atomic E-state index is -0.442. The van der Waals surface area contributed by atoms with Crippen LogP contribution in [0.4, 0.5) is 21.9 Å². The van der Waals surface area contributed by atoms with Gasteiger partial charge in [-0.3, -0.25) is 19.9 Å². The lowest BCUT2D eigenvalue weighted by Gasteiger charge is -2.37. The third kappa shape index (κ3) is 4.07. The second-order valence-electron chi connectivity index (χ2n) is 7.21. The normalized spacial score (nSPS) is 18.5. The predicted molar refractivity (Wildman–Crippen MR) is 99.9 cm³/mol. The second-order valence-corrected chi connectivity index (χ2v) is 7.21. The number of non-ortho nitro benzene ring substituents is 1. The Bertz CT molecular complexity index is 671. The Hall–Kier alpha value is -2.35. The quantitative estimate of drug-likeness (QED) is 0.572. The van der Waals surface area contributed by atoms with Crippen LogP contribution in [0.25, 0.3) is 0 Å². The molecule has 0 aromatic heterocycles. The molecule has 0 aliphatic carbocycles. The van der Waals surface area contributed by atoms with E-state index in [1.54, 1.807) is 6.07 Å². The summed E-state index contributed by atoms with van der Waals surface area (Å²) < 4.78 is 5.02. The molecule has 8 nitrogen and oxygen atoms in total. The van der Waals surface area contributed by atoms with Gasteiger partial charge in [-0.1, -0.05) is 13.8 Å². The zero-order chi connectivity index (χ0) is 18.7. The number of benzene rings is 1. The molecule has 2 aliphatic rings. The maximum Gasteiger partial charge on any atom is 0.414 e. The number of nitro groups is 1. The number of nitrogens with zero attached hydrogens (tertiary/aromatic N) is 4. The summed E-state index contributed by atoms with van der Waals surface area (Å²) >= 11 is 0. The van der Waals surface area contributed by atoms with Crippen LogP contribution in [0, 0.1) is 16.0 Å². The van der Waals surface area contributed by atoms with Gasteiger partial charge >= 0.3 is 6.09 Å². The fourth-order valence-electron chi connectivity index (χ4n) is 3.37. The lowest BCUT2D eigenvalue weighted by molar-refractivity contribution is -0.384. The maximum absolute atomic E-state index is 12.0. The highest BCUT2D eigenvalue weighted by Crippen LogP contribution is 2.35. The summed E-state index contributed by atoms with van der Waals surface area (Å²) in [5.74, 6) is 0.690. The first-order valence-electron chi connectivity index (χ1n) is 9.15. The molecule has 0 atom stereocenters. The van der Waals surface area contributed by atoms with Crippen LogP contribution >= 0.6 is 0 Å². The van der Waals surface area contributed by atoms with E-state index in [4.69, 9.17) is 4.74 Å². The molecule has 1 aromatic rings. The van der Waals surface area contributed by atoms with Gasteiger partial charge in [0.1, 0.15) is 6.61 Å². The molecule has 3 rings (SSSR count). The highest BCUT2D eigenvalue weighted by molar-refractivity contribution is 5.94. The number of cyclic esters (lactones) is 1. The lowest BCUT2D eigenvalue weighted by Crippen LogP contribution is -2.47. The number of rotatable bonds is 6. The molecular formula is C18H26N4O4. The molecule has 0 saturated carbocycles. The van der Waals surface area contributed by atoms with Gasteiger partial charge in [-0.15, -0.1) is 0 Å². The van der Waals surface area contributed by atoms with Crippen molar-refractivity contribution in [3.05, 3.63) is 28.3 Å². The van der Waals surface area contributed by atoms with Crippen LogP contribution in [0.5, 0.6) is 0 Å². The molecule has 2 fully saturated rings. The molecule has 0 unspecified atom stereocenters. The van der Waals surface area contributed by atoms with Gasteiger partial charge in [0.25, 0.3) is 5.69 Å². The van der Waals surface area contributed by atoms with Gasteiger partial charge in [-0.05, 0) is 24.9 Å². The van der Waals surface area contributed by atoms with Gasteiger partial charge < -0.3 is 9.64 Å². The fraction of sp³-hybridized carbons (Fsp3) is 0.611. The summed E-state index contributed by atoms with van der Waals surface area (Å²) in [5, 5.41) is 11.2. The molecule has 0 radical (unpaired) electrons. The highest BCUT2D eigenvalue weighted by Gasteiger charge is 2.30. The van der Waals surface area contributed by atoms with Gasteiger partial charge in [0.05, 0.1) is 22.8 Å². The third-order valence-corrected chi connectivity index (χ3v) is 4.96. The van der Waals surface area contributed by atoms with E-state index in [2.05, 4.69) is 23.6 Å². The average molecular weight is 362 g/mol. The van der Waals surface area contributed by atoms with E-state index < -0.39 is 11.0 Å². The number of carbonyl (C=O) groups is 1. The van der Waals surface area contributed by atoms with Crippen LogP contribution in [0.2, 0.25) is 0 Å². The van der Waals surface area contributed by atoms with Crippen LogP contribution in [0.15, 0.2) is 18.2 Å². The molecule has 1 aromatic carbocycles. The topological polar surface area (TPSA) is 79.2 Å². The molecule has 0 N–H and O–H groups in total. The van der Waals surface area contributed by atoms with E-state index in [0.717, 1.165) is 38.4 Å². The molecule has 1 amide bonds. The summed E-state index contributed by atoms with van der Waals surface area (Å²) in [4.78, 5) is 28.9. The van der Waals surface area contributed by atoms with E-state index in [-0.39, 0.29) is 5.69 Å². The smallest absolute Gasteiger partial charge is 0.414 e. The Balaban J connectivity index is 1.77. The van der Waals surface area contributed by atoms with Gasteiger partial charge in [0, 0.05) is 38.3 Å². The van der Waals surface area contributed by atoms with E-state index in [0.29, 0.717) is 24.8 Å². The molecule has 2 aliphatic heterocycles. The molecule has 26 heavy (non-hydrogen) atoms. The summed E-state index contributed by atoms with van der Waals surface area (Å²) in [6.45, 7) is 9.87. The monoisotopic (exact) mass is 362 g/mol. The number of ether oxygens (including phenoxy) is 1. The molecule has 0 bridgehead atoms. The van der Waals surface area contributed by atoms with E-state index in [9.17, 15) is 14.9 Å². The van der Waals surface area contributed by atoms with Crippen LogP contribution in [-0.2, 0) is 4.74 Å². The third-order valence-electron chi connectivity index (χ3n) is 4.96. The number of amides is 1. The summed E-state index contributed by atoms with van der Waals surface area (Å²) in [6.07, 6.45) is 0.741. The SMILES string of the molecule is CC(C)CCN1CCN(c2ccc([N+](=O)[O-])cc2N2CCOC2=O)CC1. The number of hydrogen-bond acceptors (Lipinski definition) is 6. The molecule has 8 heteroatoms. The molecule has 2 heterocycles. The van der Waals surface area contributed by atoms with Crippen molar-refractivity contribution in [1.29, 1.82) is 0 Å². The van der Waals surface area contributed by atoms with Crippen molar-refractivity contribution in [2.45, 2.75) is 20.3 Å². The molecule has 0 spiro atoms. The van der Waals surface area contributed by atoms with E-state index in [1.165, 1.54) is 23.5 Å². The van der Waals surface area contributed by atoms with Gasteiger partial charge in [-0.25, -0.2) is 4.79 Å². The van der Waals surface area contributed by atoms with Gasteiger partial charge in [0.2, 0.25) is 0 Å². The number of piperazine rings is 1. The van der Waals surface area contributed by atoms with Gasteiger partial charge in [0.15, 0.2) is 0 Å². The minimum absolute atomic E-state index is 0.0148. The first kappa shape index (κ1) is 18.4. The van der Waals surface area contributed by atoms with Crippen LogP contribution in [0.1, 0.15) is 20.3 Å². The first-order chi connectivity index (χ1) is 12.5. The Labute approximate surface area is 153 Å². The largest absolute Gasteiger partial charge is 0.447 e. The number of hydrogen-bond donors (Lipinski definition) is 0. The van der Waals surface area contributed by atoms with Crippen molar-refractivity contribution < 1.29 is 14.5 Å². The van der Waals surface area contributed by atoms with Crippen molar-refractivity contribution in [1.82, 2.24) is 4.90 Å². The van der Waals surface area contributed by atoms with Crippen molar-refractivity contribution >= 4 is 23.2 Å². The Morgan fingerprint density at radius 1 is 1.15 bits per heavy atom. The summed E-state index contributed by atoms with van der Waals surface area (Å²) in [7, 11) is 0. The molecule has 2 saturated heterocycles. The van der Waals surface area contributed by atoms with Crippen molar-refractivity contribution in [2.75, 3.05) is 55.7 Å². The first-order valence-corrected chi connectivity index (χ1v) is 9.15. The zero-order valence-electron chi connectivity index (χ0n) is 15.4. The Kier molecular flexibility index (Phi) is 5.61. The second kappa shape index (κ2) is 7.90. The summed E-state index contributed by atoms with van der Waals surface area (Å²) in [5.41, 5.74) is 1.41. The molecular weight excluding hydrogens is 336 g/mol. The number of carbonyl (C=O) groups excluding carboxylic acids is 1. The van der Waals surface area contributed by atoms with Crippen LogP contribution in [0.3, 0.4) is 0 Å². The predicted octanol–water partition coefficient (Wildman–Crippen LogP) is 2.72. The minimum Gasteiger partial charge on any atom is -0.447 e. The van der Waals surface area contributed by atoms with E-state index in [1.807, 2.05) is 0 Å². The Morgan fingerprint density at radius 2 is 1.88 bits per heavy atom. The fourth-order valence-corrected chi connectivity index (χ4v) is 3.37. The molecule has 142 valence electrons. The van der Waals surface area contributed by atoms with Crippen LogP contribution < -0.4 is 9.80 Å².